The third-order valence-corrected chi connectivity index (χ3v) is 10.3. The van der Waals surface area contributed by atoms with Crippen LogP contribution in [0, 0.1) is 5.92 Å². The lowest BCUT2D eigenvalue weighted by Crippen LogP contribution is -2.57. The van der Waals surface area contributed by atoms with Crippen LogP contribution in [0.5, 0.6) is 0 Å². The number of hydrogen-bond acceptors (Lipinski definition) is 9. The molecule has 4 saturated heterocycles. The molecule has 4 fully saturated rings. The van der Waals surface area contributed by atoms with Crippen molar-refractivity contribution in [2.45, 2.75) is 56.5 Å². The molecular formula is C33H38N6O6. The topological polar surface area (TPSA) is 143 Å². The molecule has 0 radical (unpaired) electrons. The lowest BCUT2D eigenvalue weighted by molar-refractivity contribution is -0.136. The maximum Gasteiger partial charge on any atom is 0.337 e. The largest absolute Gasteiger partial charge is 0.478 e. The fraction of sp³-hybridized carbons (Fsp3) is 0.515. The molecule has 0 bridgehead atoms. The second-order valence-electron chi connectivity index (χ2n) is 13.1. The Kier molecular flexibility index (Phi) is 7.86. The van der Waals surface area contributed by atoms with Crippen molar-refractivity contribution in [3.05, 3.63) is 58.8 Å². The first-order valence-corrected chi connectivity index (χ1v) is 16.0. The molecule has 2 N–H and O–H groups in total. The van der Waals surface area contributed by atoms with Crippen LogP contribution < -0.4 is 10.2 Å². The van der Waals surface area contributed by atoms with Gasteiger partial charge in [-0.1, -0.05) is 6.07 Å². The zero-order valence-corrected chi connectivity index (χ0v) is 25.2. The molecule has 4 atom stereocenters. The first-order chi connectivity index (χ1) is 21.7. The summed E-state index contributed by atoms with van der Waals surface area (Å²) in [6, 6.07) is 8.48. The molecule has 12 nitrogen and oxygen atoms in total. The molecule has 4 unspecified atom stereocenters. The molecule has 6 heterocycles. The summed E-state index contributed by atoms with van der Waals surface area (Å²) in [6.07, 6.45) is 6.06. The molecule has 12 heteroatoms. The SMILES string of the molecule is O=C1CCC(N2C(=O)c3ccc(C4CCCN(CC5CCC6CN(c7ccc(C(=O)O)cn7)CCN6C5)C4)cc3C2=O)C(=O)N1. The number of carbonyl (C=O) groups is 5. The number of aromatic nitrogens is 1. The highest BCUT2D eigenvalue weighted by Crippen LogP contribution is 2.34. The molecule has 4 amide bonds. The Morgan fingerprint density at radius 1 is 0.911 bits per heavy atom. The van der Waals surface area contributed by atoms with E-state index >= 15 is 0 Å². The van der Waals surface area contributed by atoms with Gasteiger partial charge in [-0.05, 0) is 80.3 Å². The average Bonchev–Trinajstić information content (AvgIpc) is 3.29. The smallest absolute Gasteiger partial charge is 0.337 e. The highest BCUT2D eigenvalue weighted by atomic mass is 16.4. The second-order valence-corrected chi connectivity index (χ2v) is 13.1. The first kappa shape index (κ1) is 29.5. The van der Waals surface area contributed by atoms with Gasteiger partial charge in [0.2, 0.25) is 11.8 Å². The molecule has 7 rings (SSSR count). The highest BCUT2D eigenvalue weighted by Gasteiger charge is 2.45. The van der Waals surface area contributed by atoms with Crippen LogP contribution in [0.4, 0.5) is 5.82 Å². The number of nitrogens with zero attached hydrogens (tertiary/aromatic N) is 5. The van der Waals surface area contributed by atoms with Crippen LogP contribution in [-0.2, 0) is 9.59 Å². The predicted octanol–water partition coefficient (Wildman–Crippen LogP) is 1.96. The summed E-state index contributed by atoms with van der Waals surface area (Å²) in [7, 11) is 0. The van der Waals surface area contributed by atoms with E-state index in [1.54, 1.807) is 18.2 Å². The Morgan fingerprint density at radius 2 is 1.76 bits per heavy atom. The number of benzene rings is 1. The van der Waals surface area contributed by atoms with E-state index in [9.17, 15) is 24.0 Å². The van der Waals surface area contributed by atoms with E-state index in [-0.39, 0.29) is 30.2 Å². The van der Waals surface area contributed by atoms with Crippen molar-refractivity contribution in [3.63, 3.8) is 0 Å². The number of piperidine rings is 3. The average molecular weight is 615 g/mol. The second kappa shape index (κ2) is 12.0. The number of anilines is 1. The summed E-state index contributed by atoms with van der Waals surface area (Å²) in [5.41, 5.74) is 1.93. The Balaban J connectivity index is 0.949. The Bertz CT molecular complexity index is 1540. The number of nitrogens with one attached hydrogen (secondary N) is 1. The zero-order valence-electron chi connectivity index (χ0n) is 25.2. The number of pyridine rings is 1. The van der Waals surface area contributed by atoms with E-state index in [4.69, 9.17) is 5.11 Å². The molecule has 1 aromatic carbocycles. The van der Waals surface area contributed by atoms with Crippen LogP contribution in [0.25, 0.3) is 0 Å². The van der Waals surface area contributed by atoms with E-state index in [2.05, 4.69) is 25.0 Å². The van der Waals surface area contributed by atoms with Crippen LogP contribution in [0.1, 0.15) is 81.1 Å². The number of imide groups is 2. The summed E-state index contributed by atoms with van der Waals surface area (Å²) in [6.45, 7) is 6.79. The Hall–Kier alpha value is -4.16. The minimum absolute atomic E-state index is 0.104. The van der Waals surface area contributed by atoms with Gasteiger partial charge >= 0.3 is 5.97 Å². The summed E-state index contributed by atoms with van der Waals surface area (Å²) < 4.78 is 0. The molecule has 236 valence electrons. The molecular weight excluding hydrogens is 576 g/mol. The summed E-state index contributed by atoms with van der Waals surface area (Å²) in [4.78, 5) is 74.5. The van der Waals surface area contributed by atoms with Gasteiger partial charge in [0, 0.05) is 57.9 Å². The number of likely N-dealkylation sites (tertiary alicyclic amines) is 1. The van der Waals surface area contributed by atoms with Gasteiger partial charge in [-0.3, -0.25) is 34.3 Å². The van der Waals surface area contributed by atoms with Gasteiger partial charge in [0.1, 0.15) is 11.9 Å². The number of carbonyl (C=O) groups excluding carboxylic acids is 4. The molecule has 5 aliphatic rings. The van der Waals surface area contributed by atoms with Gasteiger partial charge in [-0.25, -0.2) is 9.78 Å². The fourth-order valence-corrected chi connectivity index (χ4v) is 7.92. The summed E-state index contributed by atoms with van der Waals surface area (Å²) in [5, 5.41) is 11.4. The zero-order chi connectivity index (χ0) is 31.2. The van der Waals surface area contributed by atoms with Crippen LogP contribution in [0.2, 0.25) is 0 Å². The summed E-state index contributed by atoms with van der Waals surface area (Å²) in [5.74, 6) is -1.18. The van der Waals surface area contributed by atoms with Crippen LogP contribution in [0.15, 0.2) is 36.5 Å². The lowest BCUT2D eigenvalue weighted by Gasteiger charge is -2.47. The van der Waals surface area contributed by atoms with Gasteiger partial charge in [0.05, 0.1) is 16.7 Å². The number of piperazine rings is 1. The standard InChI is InChI=1S/C33H38N6O6/c40-29-10-8-27(30(41)35-29)39-31(42)25-7-4-21(14-26(25)32(39)43)23-2-1-11-36(18-23)16-20-3-6-24-19-38(13-12-37(24)17-20)28-9-5-22(15-34-28)33(44)45/h4-5,7,9,14-15,20,23-24,27H,1-3,6,8,10-13,16-19H2,(H,44,45)(H,35,40,41). The molecule has 2 aromatic rings. The highest BCUT2D eigenvalue weighted by molar-refractivity contribution is 6.23. The van der Waals surface area contributed by atoms with E-state index in [0.29, 0.717) is 23.1 Å². The maximum atomic E-state index is 13.3. The number of aromatic carboxylic acids is 1. The fourth-order valence-electron chi connectivity index (χ4n) is 7.92. The first-order valence-electron chi connectivity index (χ1n) is 16.0. The Labute approximate surface area is 261 Å². The molecule has 5 aliphatic heterocycles. The van der Waals surface area contributed by atoms with Crippen molar-refractivity contribution < 1.29 is 29.1 Å². The van der Waals surface area contributed by atoms with Crippen LogP contribution in [0.3, 0.4) is 0 Å². The predicted molar refractivity (Wildman–Crippen MR) is 163 cm³/mol. The van der Waals surface area contributed by atoms with Crippen molar-refractivity contribution in [1.82, 2.24) is 25.0 Å². The number of rotatable bonds is 6. The van der Waals surface area contributed by atoms with E-state index < -0.39 is 29.7 Å². The van der Waals surface area contributed by atoms with Crippen molar-refractivity contribution in [2.24, 2.45) is 5.92 Å². The van der Waals surface area contributed by atoms with Gasteiger partial charge in [-0.15, -0.1) is 0 Å². The van der Waals surface area contributed by atoms with Crippen LogP contribution in [-0.4, -0.2) is 112 Å². The van der Waals surface area contributed by atoms with E-state index in [1.807, 2.05) is 12.1 Å². The van der Waals surface area contributed by atoms with Crippen molar-refractivity contribution in [2.75, 3.05) is 50.7 Å². The minimum Gasteiger partial charge on any atom is -0.478 e. The van der Waals surface area contributed by atoms with E-state index in [0.717, 1.165) is 87.8 Å². The van der Waals surface area contributed by atoms with Crippen LogP contribution >= 0.6 is 0 Å². The summed E-state index contributed by atoms with van der Waals surface area (Å²) >= 11 is 0. The number of carboxylic acids is 1. The molecule has 1 aromatic heterocycles. The molecule has 45 heavy (non-hydrogen) atoms. The number of hydrogen-bond donors (Lipinski definition) is 2. The van der Waals surface area contributed by atoms with Crippen molar-refractivity contribution in [1.29, 1.82) is 0 Å². The quantitative estimate of drug-likeness (QED) is 0.464. The van der Waals surface area contributed by atoms with Crippen molar-refractivity contribution >= 4 is 35.4 Å². The van der Waals surface area contributed by atoms with Gasteiger partial charge in [-0.2, -0.15) is 0 Å². The number of fused-ring (bicyclic) bond motifs is 2. The molecule has 0 spiro atoms. The number of amides is 4. The Morgan fingerprint density at radius 3 is 2.53 bits per heavy atom. The van der Waals surface area contributed by atoms with Gasteiger partial charge in [0.25, 0.3) is 11.8 Å². The minimum atomic E-state index is -0.963. The monoisotopic (exact) mass is 614 g/mol. The lowest BCUT2D eigenvalue weighted by atomic mass is 9.87. The third kappa shape index (κ3) is 5.72. The van der Waals surface area contributed by atoms with Gasteiger partial charge < -0.3 is 14.9 Å². The third-order valence-electron chi connectivity index (χ3n) is 10.3. The van der Waals surface area contributed by atoms with Gasteiger partial charge in [0.15, 0.2) is 0 Å². The maximum absolute atomic E-state index is 13.3. The molecule has 0 aliphatic carbocycles. The number of carboxylic acid groups (broad SMARTS) is 1. The molecule has 0 saturated carbocycles. The normalized spacial score (nSPS) is 27.7. The van der Waals surface area contributed by atoms with E-state index in [1.165, 1.54) is 6.20 Å². The van der Waals surface area contributed by atoms with Crippen molar-refractivity contribution in [3.8, 4) is 0 Å².